The molecule has 0 heterocycles. The zero-order valence-electron chi connectivity index (χ0n) is 14.0. The van der Waals surface area contributed by atoms with Crippen LogP contribution in [-0.4, -0.2) is 23.9 Å². The van der Waals surface area contributed by atoms with Crippen LogP contribution in [-0.2, 0) is 14.3 Å². The lowest BCUT2D eigenvalue weighted by Crippen LogP contribution is -2.52. The number of hydrogen-bond donors (Lipinski definition) is 1. The third-order valence-electron chi connectivity index (χ3n) is 5.94. The van der Waals surface area contributed by atoms with Crippen molar-refractivity contribution in [1.82, 2.24) is 0 Å². The van der Waals surface area contributed by atoms with Gasteiger partial charge in [0.1, 0.15) is 6.61 Å². The predicted molar refractivity (Wildman–Crippen MR) is 91.6 cm³/mol. The van der Waals surface area contributed by atoms with Gasteiger partial charge in [-0.2, -0.15) is 0 Å². The van der Waals surface area contributed by atoms with Crippen molar-refractivity contribution in [3.05, 3.63) is 30.3 Å². The van der Waals surface area contributed by atoms with Gasteiger partial charge in [0.25, 0.3) is 0 Å². The van der Waals surface area contributed by atoms with Crippen molar-refractivity contribution in [3.63, 3.8) is 0 Å². The molecule has 4 heteroatoms. The molecule has 0 aliphatic heterocycles. The summed E-state index contributed by atoms with van der Waals surface area (Å²) >= 11 is 0. The topological polar surface area (TPSA) is 55.4 Å². The first-order chi connectivity index (χ1) is 11.6. The number of anilines is 1. The van der Waals surface area contributed by atoms with Crippen molar-refractivity contribution in [2.75, 3.05) is 11.9 Å². The number of amides is 1. The molecule has 4 nitrogen and oxygen atoms in total. The maximum absolute atomic E-state index is 12.2. The van der Waals surface area contributed by atoms with E-state index in [4.69, 9.17) is 4.74 Å². The van der Waals surface area contributed by atoms with Gasteiger partial charge in [-0.3, -0.25) is 9.59 Å². The molecule has 0 saturated heterocycles. The second-order valence-corrected chi connectivity index (χ2v) is 8.02. The number of Topliss-reactive ketones (excluding diaryl/α,β-unsaturated/α-hetero) is 1. The lowest BCUT2D eigenvalue weighted by atomic mass is 9.54. The summed E-state index contributed by atoms with van der Waals surface area (Å²) in [4.78, 5) is 24.1. The number of rotatable bonds is 6. The van der Waals surface area contributed by atoms with E-state index in [1.165, 1.54) is 19.3 Å². The first-order valence-corrected chi connectivity index (χ1v) is 9.11. The highest BCUT2D eigenvalue weighted by Crippen LogP contribution is 2.57. The van der Waals surface area contributed by atoms with Crippen LogP contribution in [0.15, 0.2) is 30.3 Å². The second kappa shape index (κ2) is 6.32. The number of hydrogen-bond acceptors (Lipinski definition) is 3. The fraction of sp³-hybridized carbons (Fsp3) is 0.600. The molecule has 1 N–H and O–H groups in total. The lowest BCUT2D eigenvalue weighted by molar-refractivity contribution is -0.169. The molecule has 0 unspecified atom stereocenters. The molecule has 1 aromatic carbocycles. The number of carbonyl (C=O) groups excluding carboxylic acids is 2. The van der Waals surface area contributed by atoms with E-state index >= 15 is 0 Å². The summed E-state index contributed by atoms with van der Waals surface area (Å²) in [5, 5.41) is 2.75. The van der Waals surface area contributed by atoms with Crippen LogP contribution in [0.1, 0.15) is 44.9 Å². The Morgan fingerprint density at radius 2 is 1.58 bits per heavy atom. The van der Waals surface area contributed by atoms with Gasteiger partial charge in [0, 0.05) is 5.69 Å². The molecular weight excluding hydrogens is 302 g/mol. The molecule has 5 rings (SSSR count). The van der Waals surface area contributed by atoms with E-state index in [9.17, 15) is 9.59 Å². The molecule has 4 aliphatic carbocycles. The van der Waals surface area contributed by atoms with Crippen LogP contribution in [0.4, 0.5) is 5.69 Å². The monoisotopic (exact) mass is 327 g/mol. The van der Waals surface area contributed by atoms with Crippen LogP contribution in [0.2, 0.25) is 0 Å². The van der Waals surface area contributed by atoms with Crippen molar-refractivity contribution in [2.45, 2.75) is 50.5 Å². The van der Waals surface area contributed by atoms with Crippen molar-refractivity contribution < 1.29 is 14.3 Å². The molecule has 0 aromatic heterocycles. The van der Waals surface area contributed by atoms with Gasteiger partial charge in [0.05, 0.1) is 12.0 Å². The fourth-order valence-corrected chi connectivity index (χ4v) is 5.40. The number of ketones is 1. The zero-order chi connectivity index (χ0) is 16.6. The van der Waals surface area contributed by atoms with Crippen molar-refractivity contribution in [2.24, 2.45) is 17.8 Å². The number of benzene rings is 1. The van der Waals surface area contributed by atoms with Crippen molar-refractivity contribution >= 4 is 17.4 Å². The van der Waals surface area contributed by atoms with E-state index in [0.717, 1.165) is 42.7 Å². The number of nitrogens with one attached hydrogen (secondary N) is 1. The normalized spacial score (nSPS) is 33.4. The Labute approximate surface area is 143 Å². The minimum atomic E-state index is -0.264. The van der Waals surface area contributed by atoms with Crippen LogP contribution in [0.3, 0.4) is 0 Å². The Balaban J connectivity index is 1.27. The fourth-order valence-electron chi connectivity index (χ4n) is 5.40. The highest BCUT2D eigenvalue weighted by atomic mass is 16.5. The van der Waals surface area contributed by atoms with Gasteiger partial charge in [0.2, 0.25) is 5.91 Å². The number of ether oxygens (including phenoxy) is 1. The van der Waals surface area contributed by atoms with Gasteiger partial charge in [-0.15, -0.1) is 0 Å². The molecule has 4 saturated carbocycles. The van der Waals surface area contributed by atoms with Crippen molar-refractivity contribution in [1.29, 1.82) is 0 Å². The molecular formula is C20H25NO3. The van der Waals surface area contributed by atoms with E-state index in [2.05, 4.69) is 5.32 Å². The predicted octanol–water partition coefficient (Wildman–Crippen LogP) is 3.57. The standard InChI is InChI=1S/C20H25NO3/c22-18(9-19(23)21-17-4-2-1-3-5-17)13-24-20-10-14-6-15(11-20)8-16(7-14)12-20/h1-5,14-16H,6-13H2,(H,21,23). The van der Waals surface area contributed by atoms with Gasteiger partial charge in [0.15, 0.2) is 5.78 Å². The average molecular weight is 327 g/mol. The smallest absolute Gasteiger partial charge is 0.231 e. The maximum Gasteiger partial charge on any atom is 0.231 e. The summed E-state index contributed by atoms with van der Waals surface area (Å²) in [5.41, 5.74) is 0.651. The summed E-state index contributed by atoms with van der Waals surface area (Å²) in [6.07, 6.45) is 7.30. The SMILES string of the molecule is O=C(COC12CC3CC(CC(C3)C1)C2)CC(=O)Nc1ccccc1. The zero-order valence-corrected chi connectivity index (χ0v) is 14.0. The van der Waals surface area contributed by atoms with Crippen molar-refractivity contribution in [3.8, 4) is 0 Å². The van der Waals surface area contributed by atoms with Gasteiger partial charge < -0.3 is 10.1 Å². The number of carbonyl (C=O) groups is 2. The van der Waals surface area contributed by atoms with Crippen LogP contribution in [0.5, 0.6) is 0 Å². The molecule has 0 atom stereocenters. The van der Waals surface area contributed by atoms with Gasteiger partial charge in [-0.25, -0.2) is 0 Å². The highest BCUT2D eigenvalue weighted by Gasteiger charge is 2.51. The molecule has 4 aliphatic rings. The Kier molecular flexibility index (Phi) is 4.17. The molecule has 4 bridgehead atoms. The van der Waals surface area contributed by atoms with E-state index in [1.54, 1.807) is 0 Å². The molecule has 24 heavy (non-hydrogen) atoms. The summed E-state index contributed by atoms with van der Waals surface area (Å²) in [7, 11) is 0. The Morgan fingerprint density at radius 1 is 1.00 bits per heavy atom. The first-order valence-electron chi connectivity index (χ1n) is 9.11. The lowest BCUT2D eigenvalue weighted by Gasteiger charge is -2.56. The van der Waals surface area contributed by atoms with Crippen LogP contribution >= 0.6 is 0 Å². The largest absolute Gasteiger partial charge is 0.367 e. The summed E-state index contributed by atoms with van der Waals surface area (Å²) < 4.78 is 6.13. The molecule has 4 fully saturated rings. The second-order valence-electron chi connectivity index (χ2n) is 8.02. The Bertz CT molecular complexity index is 590. The Hall–Kier alpha value is -1.68. The minimum Gasteiger partial charge on any atom is -0.367 e. The third-order valence-corrected chi connectivity index (χ3v) is 5.94. The molecule has 1 amide bonds. The molecule has 0 spiro atoms. The van der Waals surface area contributed by atoms with Crippen LogP contribution in [0.25, 0.3) is 0 Å². The Morgan fingerprint density at radius 3 is 2.17 bits per heavy atom. The first kappa shape index (κ1) is 15.8. The van der Waals surface area contributed by atoms with Gasteiger partial charge in [-0.1, -0.05) is 18.2 Å². The highest BCUT2D eigenvalue weighted by molar-refractivity contribution is 6.04. The van der Waals surface area contributed by atoms with E-state index in [0.29, 0.717) is 0 Å². The van der Waals surface area contributed by atoms with E-state index in [-0.39, 0.29) is 30.3 Å². The third kappa shape index (κ3) is 3.39. The van der Waals surface area contributed by atoms with Crippen LogP contribution < -0.4 is 5.32 Å². The van der Waals surface area contributed by atoms with E-state index < -0.39 is 0 Å². The average Bonchev–Trinajstić information content (AvgIpc) is 2.53. The molecule has 0 radical (unpaired) electrons. The summed E-state index contributed by atoms with van der Waals surface area (Å²) in [5.74, 6) is 2.01. The maximum atomic E-state index is 12.2. The quantitative estimate of drug-likeness (QED) is 0.813. The molecule has 128 valence electrons. The van der Waals surface area contributed by atoms with Crippen LogP contribution in [0, 0.1) is 17.8 Å². The number of para-hydroxylation sites is 1. The summed E-state index contributed by atoms with van der Waals surface area (Å²) in [6, 6.07) is 9.23. The van der Waals surface area contributed by atoms with Gasteiger partial charge >= 0.3 is 0 Å². The molecule has 1 aromatic rings. The van der Waals surface area contributed by atoms with E-state index in [1.807, 2.05) is 30.3 Å². The van der Waals surface area contributed by atoms with Gasteiger partial charge in [-0.05, 0) is 68.4 Å². The summed E-state index contributed by atoms with van der Waals surface area (Å²) in [6.45, 7) is 0.0777. The minimum absolute atomic E-state index is 0.0691.